The summed E-state index contributed by atoms with van der Waals surface area (Å²) in [6, 6.07) is 0.492. The van der Waals surface area contributed by atoms with Crippen LogP contribution in [0.15, 0.2) is 0 Å². The van der Waals surface area contributed by atoms with Crippen molar-refractivity contribution in [2.24, 2.45) is 0 Å². The fraction of sp³-hybridized carbons (Fsp3) is 0.900. The van der Waals surface area contributed by atoms with Gasteiger partial charge in [-0.1, -0.05) is 0 Å². The Morgan fingerprint density at radius 1 is 1.29 bits per heavy atom. The van der Waals surface area contributed by atoms with Crippen LogP contribution in [0.5, 0.6) is 0 Å². The Labute approximate surface area is 85.8 Å². The molecule has 82 valence electrons. The summed E-state index contributed by atoms with van der Waals surface area (Å²) >= 11 is 0. The molecule has 3 N–H and O–H groups in total. The van der Waals surface area contributed by atoms with Gasteiger partial charge in [0.1, 0.15) is 0 Å². The Morgan fingerprint density at radius 2 is 2.07 bits per heavy atom. The fourth-order valence-electron chi connectivity index (χ4n) is 1.24. The van der Waals surface area contributed by atoms with Gasteiger partial charge in [-0.05, 0) is 39.4 Å². The van der Waals surface area contributed by atoms with E-state index in [0.717, 1.165) is 26.1 Å². The number of hydrogen-bond acceptors (Lipinski definition) is 3. The maximum absolute atomic E-state index is 11.2. The summed E-state index contributed by atoms with van der Waals surface area (Å²) in [5, 5.41) is 9.29. The summed E-state index contributed by atoms with van der Waals surface area (Å²) < 4.78 is 0. The van der Waals surface area contributed by atoms with E-state index in [2.05, 4.69) is 16.0 Å². The predicted molar refractivity (Wildman–Crippen MR) is 57.2 cm³/mol. The van der Waals surface area contributed by atoms with Gasteiger partial charge in [0.05, 0.1) is 0 Å². The highest BCUT2D eigenvalue weighted by Gasteiger charge is 2.22. The van der Waals surface area contributed by atoms with Crippen LogP contribution in [0.25, 0.3) is 0 Å². The van der Waals surface area contributed by atoms with Crippen LogP contribution >= 0.6 is 0 Å². The van der Waals surface area contributed by atoms with Crippen LogP contribution in [-0.4, -0.2) is 38.6 Å². The molecule has 0 saturated heterocycles. The zero-order valence-electron chi connectivity index (χ0n) is 8.94. The second kappa shape index (κ2) is 6.79. The molecular formula is C10H21N3O. The molecule has 14 heavy (non-hydrogen) atoms. The number of carbonyl (C=O) groups excluding carboxylic acids is 1. The molecule has 0 aromatic rings. The van der Waals surface area contributed by atoms with Gasteiger partial charge in [0.2, 0.25) is 5.91 Å². The molecule has 1 amide bonds. The molecule has 1 rings (SSSR count). The van der Waals surface area contributed by atoms with E-state index in [1.807, 2.05) is 7.05 Å². The summed E-state index contributed by atoms with van der Waals surface area (Å²) in [7, 11) is 1.95. The monoisotopic (exact) mass is 199 g/mol. The standard InChI is InChI=1S/C10H21N3O/c1-11-6-2-7-12-8-5-10(14)13-9-3-4-9/h9,11-12H,2-8H2,1H3,(H,13,14). The number of nitrogens with one attached hydrogen (secondary N) is 3. The minimum Gasteiger partial charge on any atom is -0.353 e. The zero-order valence-corrected chi connectivity index (χ0v) is 8.94. The van der Waals surface area contributed by atoms with E-state index in [0.29, 0.717) is 12.5 Å². The number of amides is 1. The van der Waals surface area contributed by atoms with E-state index in [9.17, 15) is 4.79 Å². The van der Waals surface area contributed by atoms with Gasteiger partial charge in [-0.25, -0.2) is 0 Å². The van der Waals surface area contributed by atoms with E-state index in [1.54, 1.807) is 0 Å². The molecular weight excluding hydrogens is 178 g/mol. The van der Waals surface area contributed by atoms with E-state index in [4.69, 9.17) is 0 Å². The molecule has 0 aromatic carbocycles. The van der Waals surface area contributed by atoms with Crippen molar-refractivity contribution in [3.05, 3.63) is 0 Å². The lowest BCUT2D eigenvalue weighted by Crippen LogP contribution is -2.29. The number of rotatable bonds is 8. The Bertz CT molecular complexity index is 169. The highest BCUT2D eigenvalue weighted by Crippen LogP contribution is 2.18. The van der Waals surface area contributed by atoms with Crippen molar-refractivity contribution >= 4 is 5.91 Å². The molecule has 1 fully saturated rings. The molecule has 4 nitrogen and oxygen atoms in total. The van der Waals surface area contributed by atoms with Crippen LogP contribution in [0.4, 0.5) is 0 Å². The molecule has 1 saturated carbocycles. The Morgan fingerprint density at radius 3 is 2.71 bits per heavy atom. The molecule has 0 radical (unpaired) electrons. The van der Waals surface area contributed by atoms with Crippen LogP contribution in [0.2, 0.25) is 0 Å². The van der Waals surface area contributed by atoms with Gasteiger partial charge in [-0.3, -0.25) is 4.79 Å². The molecule has 0 spiro atoms. The average Bonchev–Trinajstić information content (AvgIpc) is 2.95. The maximum atomic E-state index is 11.2. The maximum Gasteiger partial charge on any atom is 0.221 e. The van der Waals surface area contributed by atoms with Crippen molar-refractivity contribution in [3.63, 3.8) is 0 Å². The van der Waals surface area contributed by atoms with Gasteiger partial charge in [0, 0.05) is 19.0 Å². The van der Waals surface area contributed by atoms with Gasteiger partial charge in [-0.15, -0.1) is 0 Å². The van der Waals surface area contributed by atoms with Gasteiger partial charge in [-0.2, -0.15) is 0 Å². The topological polar surface area (TPSA) is 53.2 Å². The van der Waals surface area contributed by atoms with Gasteiger partial charge < -0.3 is 16.0 Å². The van der Waals surface area contributed by atoms with Gasteiger partial charge in [0.15, 0.2) is 0 Å². The fourth-order valence-corrected chi connectivity index (χ4v) is 1.24. The average molecular weight is 199 g/mol. The molecule has 0 bridgehead atoms. The lowest BCUT2D eigenvalue weighted by Gasteiger charge is -2.05. The molecule has 1 aliphatic carbocycles. The van der Waals surface area contributed by atoms with Crippen LogP contribution in [0.1, 0.15) is 25.7 Å². The largest absolute Gasteiger partial charge is 0.353 e. The second-order valence-electron chi connectivity index (χ2n) is 3.80. The van der Waals surface area contributed by atoms with Gasteiger partial charge >= 0.3 is 0 Å². The molecule has 0 aromatic heterocycles. The molecule has 0 aliphatic heterocycles. The van der Waals surface area contributed by atoms with E-state index < -0.39 is 0 Å². The SMILES string of the molecule is CNCCCNCCC(=O)NC1CC1. The summed E-state index contributed by atoms with van der Waals surface area (Å²) in [5.74, 6) is 0.189. The smallest absolute Gasteiger partial charge is 0.221 e. The summed E-state index contributed by atoms with van der Waals surface area (Å²) in [6.07, 6.45) is 4.06. The first-order valence-electron chi connectivity index (χ1n) is 5.47. The molecule has 0 atom stereocenters. The van der Waals surface area contributed by atoms with E-state index >= 15 is 0 Å². The molecule has 0 unspecified atom stereocenters. The summed E-state index contributed by atoms with van der Waals surface area (Å²) in [6.45, 7) is 2.81. The molecule has 0 heterocycles. The van der Waals surface area contributed by atoms with Crippen LogP contribution in [0.3, 0.4) is 0 Å². The van der Waals surface area contributed by atoms with Crippen LogP contribution in [-0.2, 0) is 4.79 Å². The first-order chi connectivity index (χ1) is 6.83. The number of carbonyl (C=O) groups is 1. The lowest BCUT2D eigenvalue weighted by molar-refractivity contribution is -0.121. The third-order valence-corrected chi connectivity index (χ3v) is 2.25. The highest BCUT2D eigenvalue weighted by atomic mass is 16.1. The minimum atomic E-state index is 0.189. The van der Waals surface area contributed by atoms with Crippen molar-refractivity contribution in [2.45, 2.75) is 31.7 Å². The molecule has 4 heteroatoms. The Kier molecular flexibility index (Phi) is 5.56. The molecule has 1 aliphatic rings. The first kappa shape index (κ1) is 11.5. The summed E-state index contributed by atoms with van der Waals surface area (Å²) in [5.41, 5.74) is 0. The third kappa shape index (κ3) is 5.94. The van der Waals surface area contributed by atoms with Crippen molar-refractivity contribution in [3.8, 4) is 0 Å². The first-order valence-corrected chi connectivity index (χ1v) is 5.47. The van der Waals surface area contributed by atoms with Crippen LogP contribution < -0.4 is 16.0 Å². The van der Waals surface area contributed by atoms with E-state index in [-0.39, 0.29) is 5.91 Å². The predicted octanol–water partition coefficient (Wildman–Crippen LogP) is -0.146. The highest BCUT2D eigenvalue weighted by molar-refractivity contribution is 5.76. The number of hydrogen-bond donors (Lipinski definition) is 3. The lowest BCUT2D eigenvalue weighted by atomic mass is 10.3. The van der Waals surface area contributed by atoms with Crippen molar-refractivity contribution in [1.82, 2.24) is 16.0 Å². The van der Waals surface area contributed by atoms with Gasteiger partial charge in [0.25, 0.3) is 0 Å². The van der Waals surface area contributed by atoms with Crippen LogP contribution in [0, 0.1) is 0 Å². The van der Waals surface area contributed by atoms with E-state index in [1.165, 1.54) is 12.8 Å². The summed E-state index contributed by atoms with van der Waals surface area (Å²) in [4.78, 5) is 11.2. The van der Waals surface area contributed by atoms with Crippen molar-refractivity contribution < 1.29 is 4.79 Å². The third-order valence-electron chi connectivity index (χ3n) is 2.25. The van der Waals surface area contributed by atoms with Crippen molar-refractivity contribution in [1.29, 1.82) is 0 Å². The Balaban J connectivity index is 1.80. The van der Waals surface area contributed by atoms with Crippen molar-refractivity contribution in [2.75, 3.05) is 26.7 Å². The minimum absolute atomic E-state index is 0.189. The zero-order chi connectivity index (χ0) is 10.2. The quantitative estimate of drug-likeness (QED) is 0.477. The normalized spacial score (nSPS) is 15.5. The second-order valence-corrected chi connectivity index (χ2v) is 3.80. The Hall–Kier alpha value is -0.610.